The monoisotopic (exact) mass is 294 g/mol. The maximum Gasteiger partial charge on any atom is 0.259 e. The molecule has 2 rings (SSSR count). The van der Waals surface area contributed by atoms with E-state index in [0.29, 0.717) is 21.6 Å². The molecule has 2 aromatic rings. The minimum absolute atomic E-state index is 0.201. The molecule has 1 amide bonds. The molecule has 2 aromatic heterocycles. The molecule has 17 heavy (non-hydrogen) atoms. The van der Waals surface area contributed by atoms with E-state index in [4.69, 9.17) is 4.42 Å². The zero-order valence-corrected chi connectivity index (χ0v) is 11.0. The number of halogens is 1. The molecule has 0 saturated carbocycles. The molecule has 0 atom stereocenters. The number of aromatic nitrogens is 1. The van der Waals surface area contributed by atoms with E-state index in [1.165, 1.54) is 0 Å². The van der Waals surface area contributed by atoms with Crippen molar-refractivity contribution in [3.05, 3.63) is 46.1 Å². The summed E-state index contributed by atoms with van der Waals surface area (Å²) < 4.78 is 5.92. The number of anilines is 1. The normalized spacial score (nSPS) is 10.3. The highest BCUT2D eigenvalue weighted by Crippen LogP contribution is 2.21. The summed E-state index contributed by atoms with van der Waals surface area (Å²) in [5.41, 5.74) is 1.18. The third kappa shape index (κ3) is 2.55. The van der Waals surface area contributed by atoms with Crippen molar-refractivity contribution < 1.29 is 9.21 Å². The molecule has 0 saturated heterocycles. The number of pyridine rings is 1. The number of amides is 1. The summed E-state index contributed by atoms with van der Waals surface area (Å²) in [6.07, 6.45) is 1.65. The minimum atomic E-state index is -0.201. The first-order chi connectivity index (χ1) is 8.08. The number of nitrogens with zero attached hydrogens (tertiary/aromatic N) is 1. The number of nitrogens with one attached hydrogen (secondary N) is 1. The van der Waals surface area contributed by atoms with E-state index in [-0.39, 0.29) is 5.91 Å². The average molecular weight is 295 g/mol. The van der Waals surface area contributed by atoms with Gasteiger partial charge in [0.2, 0.25) is 0 Å². The molecule has 88 valence electrons. The van der Waals surface area contributed by atoms with Gasteiger partial charge in [0.15, 0.2) is 0 Å². The van der Waals surface area contributed by atoms with E-state index in [9.17, 15) is 4.79 Å². The molecule has 1 N–H and O–H groups in total. The number of aryl methyl sites for hydroxylation is 2. The van der Waals surface area contributed by atoms with Gasteiger partial charge in [-0.2, -0.15) is 0 Å². The van der Waals surface area contributed by atoms with E-state index < -0.39 is 0 Å². The van der Waals surface area contributed by atoms with Crippen LogP contribution in [0.15, 0.2) is 33.4 Å². The molecule has 0 bridgehead atoms. The highest BCUT2D eigenvalue weighted by Gasteiger charge is 2.14. The van der Waals surface area contributed by atoms with Gasteiger partial charge in [0.05, 0.1) is 11.3 Å². The van der Waals surface area contributed by atoms with Gasteiger partial charge in [0.1, 0.15) is 16.1 Å². The molecule has 0 aliphatic heterocycles. The number of hydrogen-bond acceptors (Lipinski definition) is 3. The van der Waals surface area contributed by atoms with Gasteiger partial charge in [0, 0.05) is 6.20 Å². The minimum Gasteiger partial charge on any atom is -0.466 e. The van der Waals surface area contributed by atoms with Crippen molar-refractivity contribution in [2.45, 2.75) is 13.8 Å². The van der Waals surface area contributed by atoms with Crippen LogP contribution >= 0.6 is 15.9 Å². The molecule has 0 radical (unpaired) electrons. The van der Waals surface area contributed by atoms with Gasteiger partial charge in [0.25, 0.3) is 5.91 Å². The van der Waals surface area contributed by atoms with Crippen molar-refractivity contribution in [2.75, 3.05) is 5.32 Å². The van der Waals surface area contributed by atoms with E-state index in [2.05, 4.69) is 26.2 Å². The van der Waals surface area contributed by atoms with Crippen LogP contribution in [0.3, 0.4) is 0 Å². The van der Waals surface area contributed by atoms with E-state index in [0.717, 1.165) is 5.76 Å². The number of hydrogen-bond donors (Lipinski definition) is 1. The lowest BCUT2D eigenvalue weighted by atomic mass is 10.2. The van der Waals surface area contributed by atoms with Crippen molar-refractivity contribution in [3.8, 4) is 0 Å². The Balaban J connectivity index is 2.23. The number of rotatable bonds is 2. The Morgan fingerprint density at radius 1 is 1.47 bits per heavy atom. The Kier molecular flexibility index (Phi) is 3.28. The van der Waals surface area contributed by atoms with Crippen LogP contribution in [-0.4, -0.2) is 10.9 Å². The lowest BCUT2D eigenvalue weighted by Gasteiger charge is -2.05. The standard InChI is InChI=1S/C12H11BrN2O2/c1-7-6-9(8(2)17-7)12(16)15-10-4-3-5-14-11(10)13/h3-6H,1-2H3,(H,15,16). The largest absolute Gasteiger partial charge is 0.466 e. The Hall–Kier alpha value is -1.62. The van der Waals surface area contributed by atoms with Crippen LogP contribution in [0.4, 0.5) is 5.69 Å². The topological polar surface area (TPSA) is 55.1 Å². The summed E-state index contributed by atoms with van der Waals surface area (Å²) in [5, 5.41) is 2.77. The molecular formula is C12H11BrN2O2. The van der Waals surface area contributed by atoms with Crippen molar-refractivity contribution in [1.29, 1.82) is 0 Å². The van der Waals surface area contributed by atoms with Gasteiger partial charge < -0.3 is 9.73 Å². The molecule has 0 fully saturated rings. The third-order valence-electron chi connectivity index (χ3n) is 2.29. The van der Waals surface area contributed by atoms with Crippen molar-refractivity contribution in [3.63, 3.8) is 0 Å². The van der Waals surface area contributed by atoms with Crippen molar-refractivity contribution in [1.82, 2.24) is 4.98 Å². The maximum absolute atomic E-state index is 12.0. The molecule has 0 spiro atoms. The smallest absolute Gasteiger partial charge is 0.259 e. The summed E-state index contributed by atoms with van der Waals surface area (Å²) in [5.74, 6) is 1.13. The van der Waals surface area contributed by atoms with E-state index >= 15 is 0 Å². The molecule has 0 unspecified atom stereocenters. The van der Waals surface area contributed by atoms with Crippen LogP contribution in [0.25, 0.3) is 0 Å². The zero-order valence-electron chi connectivity index (χ0n) is 9.45. The Morgan fingerprint density at radius 2 is 2.24 bits per heavy atom. The second-order valence-electron chi connectivity index (χ2n) is 3.62. The van der Waals surface area contributed by atoms with Crippen LogP contribution < -0.4 is 5.32 Å². The molecule has 0 aliphatic carbocycles. The molecule has 4 nitrogen and oxygen atoms in total. The SMILES string of the molecule is Cc1cc(C(=O)Nc2cccnc2Br)c(C)o1. The second-order valence-corrected chi connectivity index (χ2v) is 4.37. The lowest BCUT2D eigenvalue weighted by Crippen LogP contribution is -2.12. The summed E-state index contributed by atoms with van der Waals surface area (Å²) in [4.78, 5) is 16.0. The second kappa shape index (κ2) is 4.71. The molecular weight excluding hydrogens is 284 g/mol. The fourth-order valence-corrected chi connectivity index (χ4v) is 1.87. The highest BCUT2D eigenvalue weighted by molar-refractivity contribution is 9.10. The Labute approximate surface area is 107 Å². The highest BCUT2D eigenvalue weighted by atomic mass is 79.9. The van der Waals surface area contributed by atoms with Crippen LogP contribution in [-0.2, 0) is 0 Å². The van der Waals surface area contributed by atoms with Crippen molar-refractivity contribution >= 4 is 27.5 Å². The average Bonchev–Trinajstić information content (AvgIpc) is 2.61. The third-order valence-corrected chi connectivity index (χ3v) is 2.92. The van der Waals surface area contributed by atoms with Crippen LogP contribution in [0.1, 0.15) is 21.9 Å². The maximum atomic E-state index is 12.0. The number of carbonyl (C=O) groups excluding carboxylic acids is 1. The quantitative estimate of drug-likeness (QED) is 0.865. The van der Waals surface area contributed by atoms with Crippen LogP contribution in [0.2, 0.25) is 0 Å². The number of furan rings is 1. The fourth-order valence-electron chi connectivity index (χ4n) is 1.53. The fraction of sp³-hybridized carbons (Fsp3) is 0.167. The van der Waals surface area contributed by atoms with E-state index in [1.54, 1.807) is 31.3 Å². The van der Waals surface area contributed by atoms with Gasteiger partial charge in [-0.25, -0.2) is 4.98 Å². The van der Waals surface area contributed by atoms with Gasteiger partial charge in [-0.15, -0.1) is 0 Å². The summed E-state index contributed by atoms with van der Waals surface area (Å²) >= 11 is 3.27. The first-order valence-corrected chi connectivity index (χ1v) is 5.86. The Morgan fingerprint density at radius 3 is 2.82 bits per heavy atom. The van der Waals surface area contributed by atoms with Crippen LogP contribution in [0, 0.1) is 13.8 Å². The van der Waals surface area contributed by atoms with Gasteiger partial charge in [-0.3, -0.25) is 4.79 Å². The first-order valence-electron chi connectivity index (χ1n) is 5.07. The Bertz CT molecular complexity index is 563. The first kappa shape index (κ1) is 11.9. The zero-order chi connectivity index (χ0) is 12.4. The molecule has 2 heterocycles. The van der Waals surface area contributed by atoms with E-state index in [1.807, 2.05) is 6.92 Å². The van der Waals surface area contributed by atoms with Crippen LogP contribution in [0.5, 0.6) is 0 Å². The van der Waals surface area contributed by atoms with Crippen molar-refractivity contribution in [2.24, 2.45) is 0 Å². The molecule has 5 heteroatoms. The molecule has 0 aliphatic rings. The molecule has 0 aromatic carbocycles. The predicted octanol–water partition coefficient (Wildman–Crippen LogP) is 3.31. The summed E-state index contributed by atoms with van der Waals surface area (Å²) in [6.45, 7) is 3.57. The predicted molar refractivity (Wildman–Crippen MR) is 68.1 cm³/mol. The summed E-state index contributed by atoms with van der Waals surface area (Å²) in [6, 6.07) is 5.25. The lowest BCUT2D eigenvalue weighted by molar-refractivity contribution is 0.102. The van der Waals surface area contributed by atoms with Gasteiger partial charge in [-0.1, -0.05) is 0 Å². The summed E-state index contributed by atoms with van der Waals surface area (Å²) in [7, 11) is 0. The van der Waals surface area contributed by atoms with Gasteiger partial charge >= 0.3 is 0 Å². The number of carbonyl (C=O) groups is 1. The van der Waals surface area contributed by atoms with Gasteiger partial charge in [-0.05, 0) is 48.0 Å².